The van der Waals surface area contributed by atoms with Gasteiger partial charge in [0.25, 0.3) is 0 Å². The van der Waals surface area contributed by atoms with Gasteiger partial charge in [-0.2, -0.15) is 0 Å². The quantitative estimate of drug-likeness (QED) is 0.157. The van der Waals surface area contributed by atoms with Crippen LogP contribution in [0.1, 0.15) is 50.0 Å². The number of ketones is 1. The Kier molecular flexibility index (Phi) is 10.5. The molecule has 0 bridgehead atoms. The van der Waals surface area contributed by atoms with Crippen LogP contribution >= 0.6 is 19.2 Å². The Morgan fingerprint density at radius 1 is 1.22 bits per heavy atom. The standard InChI is InChI=1S/C30H35ClF2N3O8P/c1-17(37)22-14-35(24-11-20(8-9-21(22)24)45(41,42)44-16-43-29(40)30(2,3)4)15-26(38)36-13-19(32)10-25(36)28(39)34-12-18-6-5-7-23(31)27(18)33/h5-9,11,14,19,25,29,40H,10,12-13,15-16H2,1-4H3,(H,34,39)(H,41,42)/t19-,25+,29?/m1/s1. The minimum atomic E-state index is -4.49. The van der Waals surface area contributed by atoms with Gasteiger partial charge in [-0.15, -0.1) is 0 Å². The van der Waals surface area contributed by atoms with Crippen LogP contribution in [0.3, 0.4) is 0 Å². The molecule has 0 spiro atoms. The fraction of sp³-hybridized carbons (Fsp3) is 0.433. The number of nitrogens with one attached hydrogen (secondary N) is 1. The van der Waals surface area contributed by atoms with Gasteiger partial charge in [-0.05, 0) is 25.1 Å². The Hall–Kier alpha value is -3.19. The second-order valence-corrected chi connectivity index (χ2v) is 14.1. The zero-order valence-corrected chi connectivity index (χ0v) is 26.8. The molecule has 45 heavy (non-hydrogen) atoms. The van der Waals surface area contributed by atoms with Crippen LogP contribution in [0.4, 0.5) is 8.78 Å². The summed E-state index contributed by atoms with van der Waals surface area (Å²) in [4.78, 5) is 50.5. The summed E-state index contributed by atoms with van der Waals surface area (Å²) < 4.78 is 53.4. The number of nitrogens with zero attached hydrogens (tertiary/aromatic N) is 2. The molecule has 15 heteroatoms. The monoisotopic (exact) mass is 669 g/mol. The van der Waals surface area contributed by atoms with E-state index in [1.165, 1.54) is 54.1 Å². The molecule has 4 rings (SSSR count). The molecule has 0 radical (unpaired) electrons. The van der Waals surface area contributed by atoms with Crippen molar-refractivity contribution >= 4 is 53.0 Å². The molecule has 3 aromatic rings. The lowest BCUT2D eigenvalue weighted by molar-refractivity contribution is -0.191. The average molecular weight is 670 g/mol. The van der Waals surface area contributed by atoms with E-state index in [4.69, 9.17) is 20.9 Å². The van der Waals surface area contributed by atoms with E-state index in [0.29, 0.717) is 5.39 Å². The van der Waals surface area contributed by atoms with Crippen molar-refractivity contribution in [3.05, 3.63) is 64.6 Å². The number of halogens is 3. The SMILES string of the molecule is CC(=O)c1cn(CC(=O)N2C[C@H](F)C[C@H]2C(=O)NCc2cccc(Cl)c2F)c2cc(P(=O)(O)OCOC(O)C(C)(C)C)ccc12. The number of hydrogen-bond donors (Lipinski definition) is 3. The van der Waals surface area contributed by atoms with E-state index in [1.807, 2.05) is 0 Å². The lowest BCUT2D eigenvalue weighted by Crippen LogP contribution is -2.46. The molecular formula is C30H35ClF2N3O8P. The van der Waals surface area contributed by atoms with Gasteiger partial charge in [0.05, 0.1) is 22.4 Å². The number of likely N-dealkylation sites (tertiary alicyclic amines) is 1. The summed E-state index contributed by atoms with van der Waals surface area (Å²) in [6.07, 6.45) is -1.60. The Balaban J connectivity index is 1.54. The lowest BCUT2D eigenvalue weighted by Gasteiger charge is -2.25. The molecule has 0 aliphatic carbocycles. The highest BCUT2D eigenvalue weighted by Crippen LogP contribution is 2.42. The average Bonchev–Trinajstić information content (AvgIpc) is 3.53. The zero-order chi connectivity index (χ0) is 33.3. The maximum atomic E-state index is 14.5. The number of fused-ring (bicyclic) bond motifs is 1. The summed E-state index contributed by atoms with van der Waals surface area (Å²) in [5, 5.41) is 12.7. The first kappa shape index (κ1) is 34.7. The highest BCUT2D eigenvalue weighted by molar-refractivity contribution is 7.61. The summed E-state index contributed by atoms with van der Waals surface area (Å²) in [5.74, 6) is -2.35. The number of rotatable bonds is 11. The van der Waals surface area contributed by atoms with Crippen LogP contribution in [-0.2, 0) is 36.5 Å². The molecule has 1 aliphatic heterocycles. The van der Waals surface area contributed by atoms with Gasteiger partial charge in [0, 0.05) is 41.1 Å². The minimum absolute atomic E-state index is 0.118. The van der Waals surface area contributed by atoms with Crippen molar-refractivity contribution < 1.29 is 47.0 Å². The van der Waals surface area contributed by atoms with E-state index in [-0.39, 0.29) is 52.3 Å². The van der Waals surface area contributed by atoms with Crippen molar-refractivity contribution in [1.82, 2.24) is 14.8 Å². The van der Waals surface area contributed by atoms with Gasteiger partial charge in [0.2, 0.25) is 11.8 Å². The molecule has 244 valence electrons. The number of carbonyl (C=O) groups is 3. The third kappa shape index (κ3) is 7.97. The summed E-state index contributed by atoms with van der Waals surface area (Å²) in [7, 11) is -4.49. The lowest BCUT2D eigenvalue weighted by atomic mass is 9.96. The van der Waals surface area contributed by atoms with Crippen LogP contribution in [0.15, 0.2) is 42.6 Å². The fourth-order valence-corrected chi connectivity index (χ4v) is 5.98. The van der Waals surface area contributed by atoms with Gasteiger partial charge in [-0.25, -0.2) is 8.78 Å². The third-order valence-corrected chi connectivity index (χ3v) is 9.11. The summed E-state index contributed by atoms with van der Waals surface area (Å²) in [5.41, 5.74) is -0.0639. The number of aliphatic hydroxyl groups is 1. The molecule has 3 N–H and O–H groups in total. The first-order chi connectivity index (χ1) is 21.0. The van der Waals surface area contributed by atoms with Crippen LogP contribution in [-0.4, -0.2) is 68.9 Å². The highest BCUT2D eigenvalue weighted by atomic mass is 35.5. The van der Waals surface area contributed by atoms with Crippen molar-refractivity contribution in [1.29, 1.82) is 0 Å². The fourth-order valence-electron chi connectivity index (χ4n) is 4.89. The minimum Gasteiger partial charge on any atom is -0.367 e. The predicted molar refractivity (Wildman–Crippen MR) is 162 cm³/mol. The van der Waals surface area contributed by atoms with Gasteiger partial charge >= 0.3 is 7.60 Å². The van der Waals surface area contributed by atoms with E-state index in [9.17, 15) is 37.7 Å². The van der Waals surface area contributed by atoms with Gasteiger partial charge in [-0.3, -0.25) is 23.5 Å². The Bertz CT molecular complexity index is 1660. The van der Waals surface area contributed by atoms with Gasteiger partial charge in [0.15, 0.2) is 18.9 Å². The zero-order valence-electron chi connectivity index (χ0n) is 25.1. The van der Waals surface area contributed by atoms with Crippen LogP contribution in [0.25, 0.3) is 10.9 Å². The van der Waals surface area contributed by atoms with Crippen LogP contribution < -0.4 is 10.6 Å². The van der Waals surface area contributed by atoms with Crippen LogP contribution in [0.5, 0.6) is 0 Å². The molecule has 2 aromatic carbocycles. The molecule has 2 amide bonds. The normalized spacial score (nSPS) is 19.0. The smallest absolute Gasteiger partial charge is 0.360 e. The summed E-state index contributed by atoms with van der Waals surface area (Å²) in [6, 6.07) is 7.19. The number of ether oxygens (including phenoxy) is 1. The van der Waals surface area contributed by atoms with E-state index >= 15 is 0 Å². The number of alkyl halides is 1. The van der Waals surface area contributed by atoms with E-state index in [0.717, 1.165) is 4.90 Å². The Labute approximate surface area is 263 Å². The molecule has 4 atom stereocenters. The van der Waals surface area contributed by atoms with Crippen molar-refractivity contribution in [3.63, 3.8) is 0 Å². The van der Waals surface area contributed by atoms with Crippen molar-refractivity contribution in [2.75, 3.05) is 13.3 Å². The number of benzene rings is 2. The maximum Gasteiger partial charge on any atom is 0.360 e. The number of hydrogen-bond acceptors (Lipinski definition) is 7. The highest BCUT2D eigenvalue weighted by Gasteiger charge is 2.40. The molecule has 0 saturated carbocycles. The van der Waals surface area contributed by atoms with Gasteiger partial charge in [-0.1, -0.05) is 50.6 Å². The number of aliphatic hydroxyl groups excluding tert-OH is 1. The number of amides is 2. The first-order valence-electron chi connectivity index (χ1n) is 14.0. The van der Waals surface area contributed by atoms with E-state index < -0.39 is 62.5 Å². The van der Waals surface area contributed by atoms with Crippen molar-refractivity contribution in [3.8, 4) is 0 Å². The van der Waals surface area contributed by atoms with Crippen LogP contribution in [0.2, 0.25) is 5.02 Å². The van der Waals surface area contributed by atoms with Gasteiger partial charge < -0.3 is 29.5 Å². The molecular weight excluding hydrogens is 635 g/mol. The summed E-state index contributed by atoms with van der Waals surface area (Å²) in [6.45, 7) is 4.75. The van der Waals surface area contributed by atoms with Gasteiger partial charge in [0.1, 0.15) is 24.6 Å². The maximum absolute atomic E-state index is 14.5. The van der Waals surface area contributed by atoms with Crippen LogP contribution in [0, 0.1) is 11.2 Å². The Morgan fingerprint density at radius 3 is 2.60 bits per heavy atom. The molecule has 1 saturated heterocycles. The van der Waals surface area contributed by atoms with Crippen molar-refractivity contribution in [2.24, 2.45) is 5.41 Å². The van der Waals surface area contributed by atoms with E-state index in [2.05, 4.69) is 5.32 Å². The molecule has 1 aromatic heterocycles. The molecule has 2 heterocycles. The summed E-state index contributed by atoms with van der Waals surface area (Å²) >= 11 is 5.80. The number of aromatic nitrogens is 1. The second kappa shape index (κ2) is 13.7. The molecule has 2 unspecified atom stereocenters. The number of carbonyl (C=O) groups excluding carboxylic acids is 3. The first-order valence-corrected chi connectivity index (χ1v) is 16.0. The predicted octanol–water partition coefficient (Wildman–Crippen LogP) is 4.06. The van der Waals surface area contributed by atoms with E-state index in [1.54, 1.807) is 20.8 Å². The Morgan fingerprint density at radius 2 is 1.93 bits per heavy atom. The second-order valence-electron chi connectivity index (χ2n) is 11.9. The molecule has 1 fully saturated rings. The largest absolute Gasteiger partial charge is 0.367 e. The molecule has 11 nitrogen and oxygen atoms in total. The topological polar surface area (TPSA) is 147 Å². The van der Waals surface area contributed by atoms with Crippen molar-refractivity contribution in [2.45, 2.75) is 65.7 Å². The number of Topliss-reactive ketones (excluding diaryl/α,β-unsaturated/α-hetero) is 1. The molecule has 1 aliphatic rings. The third-order valence-electron chi connectivity index (χ3n) is 7.43.